The first-order valence-electron chi connectivity index (χ1n) is 9.04. The van der Waals surface area contributed by atoms with Crippen molar-refractivity contribution in [1.82, 2.24) is 0 Å². The van der Waals surface area contributed by atoms with Gasteiger partial charge in [-0.25, -0.2) is 19.2 Å². The van der Waals surface area contributed by atoms with Gasteiger partial charge in [0.05, 0.1) is 27.8 Å². The second kappa shape index (κ2) is 8.61. The topological polar surface area (TPSA) is 138 Å². The van der Waals surface area contributed by atoms with Gasteiger partial charge in [-0.1, -0.05) is 12.1 Å². The van der Waals surface area contributed by atoms with Crippen LogP contribution in [0.25, 0.3) is 10.8 Å². The molecule has 0 spiro atoms. The number of carboxylic acid groups (broad SMARTS) is 3. The molecule has 3 N–H and O–H groups in total. The fourth-order valence-electron chi connectivity index (χ4n) is 3.22. The predicted octanol–water partition coefficient (Wildman–Crippen LogP) is 4.31. The molecule has 0 heterocycles. The second-order valence-electron chi connectivity index (χ2n) is 6.76. The van der Waals surface area contributed by atoms with E-state index >= 15 is 0 Å². The molecule has 0 aliphatic heterocycles. The number of carbonyl (C=O) groups excluding carboxylic acids is 1. The molecule has 0 saturated carbocycles. The molecule has 0 amide bonds. The van der Waals surface area contributed by atoms with Crippen LogP contribution in [0, 0.1) is 0 Å². The summed E-state index contributed by atoms with van der Waals surface area (Å²) in [5, 5.41) is 27.5. The van der Waals surface area contributed by atoms with Crippen LogP contribution >= 0.6 is 0 Å². The number of rotatable bonds is 6. The number of hydrogen-bond donors (Lipinski definition) is 3. The third-order valence-electron chi connectivity index (χ3n) is 4.72. The summed E-state index contributed by atoms with van der Waals surface area (Å²) in [5.41, 5.74) is -2.72. The Bertz CT molecular complexity index is 1270. The monoisotopic (exact) mass is 462 g/mol. The van der Waals surface area contributed by atoms with Gasteiger partial charge in [-0.2, -0.15) is 13.2 Å². The van der Waals surface area contributed by atoms with E-state index < -0.39 is 75.3 Å². The number of esters is 1. The fourth-order valence-corrected chi connectivity index (χ4v) is 3.22. The van der Waals surface area contributed by atoms with Crippen molar-refractivity contribution in [2.24, 2.45) is 0 Å². The van der Waals surface area contributed by atoms with Crippen LogP contribution in [0.4, 0.5) is 13.2 Å². The molecule has 33 heavy (non-hydrogen) atoms. The molecule has 0 bridgehead atoms. The summed E-state index contributed by atoms with van der Waals surface area (Å²) in [6.07, 6.45) is -4.55. The van der Waals surface area contributed by atoms with Crippen LogP contribution in [0.2, 0.25) is 0 Å². The highest BCUT2D eigenvalue weighted by atomic mass is 19.4. The Labute approximate surface area is 182 Å². The number of carboxylic acids is 3. The van der Waals surface area contributed by atoms with Crippen LogP contribution in [0.15, 0.2) is 48.5 Å². The fraction of sp³-hybridized carbons (Fsp3) is 0.0909. The lowest BCUT2D eigenvalue weighted by Crippen LogP contribution is -2.13. The number of ether oxygens (including phenoxy) is 1. The number of aromatic carboxylic acids is 3. The zero-order chi connectivity index (χ0) is 24.5. The maximum absolute atomic E-state index is 12.7. The van der Waals surface area contributed by atoms with E-state index in [2.05, 4.69) is 0 Å². The van der Waals surface area contributed by atoms with Gasteiger partial charge in [0.25, 0.3) is 0 Å². The minimum absolute atomic E-state index is 0.201. The summed E-state index contributed by atoms with van der Waals surface area (Å²) in [4.78, 5) is 47.7. The highest BCUT2D eigenvalue weighted by Crippen LogP contribution is 2.32. The minimum Gasteiger partial charge on any atom is -0.478 e. The van der Waals surface area contributed by atoms with Gasteiger partial charge in [0, 0.05) is 10.8 Å². The van der Waals surface area contributed by atoms with Crippen LogP contribution < -0.4 is 0 Å². The molecule has 0 aliphatic carbocycles. The molecule has 0 atom stereocenters. The van der Waals surface area contributed by atoms with Crippen molar-refractivity contribution >= 4 is 34.6 Å². The van der Waals surface area contributed by atoms with E-state index in [4.69, 9.17) is 4.74 Å². The number of alkyl halides is 3. The maximum Gasteiger partial charge on any atom is 0.416 e. The molecule has 0 saturated heterocycles. The van der Waals surface area contributed by atoms with Gasteiger partial charge in [-0.05, 0) is 42.0 Å². The van der Waals surface area contributed by atoms with Crippen molar-refractivity contribution < 1.29 is 52.4 Å². The summed E-state index contributed by atoms with van der Waals surface area (Å²) in [6, 6.07) is 7.53. The van der Waals surface area contributed by atoms with Gasteiger partial charge < -0.3 is 20.1 Å². The third kappa shape index (κ3) is 4.61. The quantitative estimate of drug-likeness (QED) is 0.461. The minimum atomic E-state index is -4.55. The lowest BCUT2D eigenvalue weighted by atomic mass is 9.91. The molecule has 0 aromatic heterocycles. The smallest absolute Gasteiger partial charge is 0.416 e. The van der Waals surface area contributed by atoms with Crippen LogP contribution in [-0.2, 0) is 17.5 Å². The van der Waals surface area contributed by atoms with Crippen molar-refractivity contribution in [2.45, 2.75) is 12.8 Å². The zero-order valence-corrected chi connectivity index (χ0v) is 16.3. The second-order valence-corrected chi connectivity index (χ2v) is 6.76. The normalized spacial score (nSPS) is 11.2. The first-order valence-corrected chi connectivity index (χ1v) is 9.04. The molecule has 3 rings (SSSR count). The average Bonchev–Trinajstić information content (AvgIpc) is 2.75. The van der Waals surface area contributed by atoms with Crippen LogP contribution in [0.5, 0.6) is 0 Å². The van der Waals surface area contributed by atoms with Crippen molar-refractivity contribution in [2.75, 3.05) is 0 Å². The van der Waals surface area contributed by atoms with Gasteiger partial charge >= 0.3 is 30.1 Å². The van der Waals surface area contributed by atoms with Crippen molar-refractivity contribution in [3.05, 3.63) is 81.9 Å². The van der Waals surface area contributed by atoms with Gasteiger partial charge in [0.2, 0.25) is 0 Å². The van der Waals surface area contributed by atoms with Gasteiger partial charge in [0.1, 0.15) is 6.61 Å². The molecule has 11 heteroatoms. The van der Waals surface area contributed by atoms with E-state index in [0.717, 1.165) is 48.5 Å². The SMILES string of the molecule is O=C(O)c1ccc(C(=O)O)c2c(C(=O)OCc3ccc(C(F)(F)F)cc3)ccc(C(=O)O)c12. The largest absolute Gasteiger partial charge is 0.478 e. The van der Waals surface area contributed by atoms with E-state index in [1.54, 1.807) is 0 Å². The first-order chi connectivity index (χ1) is 15.4. The van der Waals surface area contributed by atoms with E-state index in [-0.39, 0.29) is 5.56 Å². The van der Waals surface area contributed by atoms with E-state index in [9.17, 15) is 47.7 Å². The molecule has 170 valence electrons. The zero-order valence-electron chi connectivity index (χ0n) is 16.3. The molecule has 0 aliphatic rings. The Balaban J connectivity index is 2.07. The number of carbonyl (C=O) groups is 4. The summed E-state index contributed by atoms with van der Waals surface area (Å²) < 4.78 is 43.1. The molecule has 8 nitrogen and oxygen atoms in total. The predicted molar refractivity (Wildman–Crippen MR) is 105 cm³/mol. The molecular formula is C22H13F3O8. The molecule has 0 fully saturated rings. The Kier molecular flexibility index (Phi) is 6.07. The molecule has 3 aromatic rings. The summed E-state index contributed by atoms with van der Waals surface area (Å²) >= 11 is 0. The van der Waals surface area contributed by atoms with E-state index in [0.29, 0.717) is 0 Å². The van der Waals surface area contributed by atoms with Crippen molar-refractivity contribution in [1.29, 1.82) is 0 Å². The van der Waals surface area contributed by atoms with Crippen molar-refractivity contribution in [3.63, 3.8) is 0 Å². The highest BCUT2D eigenvalue weighted by Gasteiger charge is 2.30. The first kappa shape index (κ1) is 23.3. The van der Waals surface area contributed by atoms with Gasteiger partial charge in [0.15, 0.2) is 0 Å². The summed E-state index contributed by atoms with van der Waals surface area (Å²) in [6.45, 7) is -0.472. The highest BCUT2D eigenvalue weighted by molar-refractivity contribution is 6.21. The van der Waals surface area contributed by atoms with E-state index in [1.165, 1.54) is 0 Å². The Morgan fingerprint density at radius 2 is 1.06 bits per heavy atom. The molecule has 0 unspecified atom stereocenters. The number of benzene rings is 3. The molecule has 3 aromatic carbocycles. The summed E-state index contributed by atoms with van der Waals surface area (Å²) in [7, 11) is 0. The number of hydrogen-bond acceptors (Lipinski definition) is 5. The lowest BCUT2D eigenvalue weighted by Gasteiger charge is -2.14. The number of fused-ring (bicyclic) bond motifs is 1. The van der Waals surface area contributed by atoms with Gasteiger partial charge in [-0.3, -0.25) is 0 Å². The molecule has 0 radical (unpaired) electrons. The molecular weight excluding hydrogens is 449 g/mol. The third-order valence-corrected chi connectivity index (χ3v) is 4.72. The average molecular weight is 462 g/mol. The van der Waals surface area contributed by atoms with Crippen LogP contribution in [-0.4, -0.2) is 39.2 Å². The van der Waals surface area contributed by atoms with Crippen LogP contribution in [0.3, 0.4) is 0 Å². The van der Waals surface area contributed by atoms with Crippen molar-refractivity contribution in [3.8, 4) is 0 Å². The maximum atomic E-state index is 12.7. The number of halogens is 3. The lowest BCUT2D eigenvalue weighted by molar-refractivity contribution is -0.137. The Morgan fingerprint density at radius 3 is 1.45 bits per heavy atom. The Morgan fingerprint density at radius 1 is 0.667 bits per heavy atom. The Hall–Kier alpha value is -4.41. The van der Waals surface area contributed by atoms with Crippen LogP contribution in [0.1, 0.15) is 52.6 Å². The van der Waals surface area contributed by atoms with Gasteiger partial charge in [-0.15, -0.1) is 0 Å². The standard InChI is InChI=1S/C22H13F3O8/c23-22(24,25)11-3-1-10(2-4-11)9-33-21(32)15-8-7-13(19(28)29)16-12(18(26)27)5-6-14(17(15)16)20(30)31/h1-8H,9H2,(H,26,27)(H,28,29)(H,30,31). The summed E-state index contributed by atoms with van der Waals surface area (Å²) in [5.74, 6) is -5.76. The van der Waals surface area contributed by atoms with E-state index in [1.807, 2.05) is 0 Å².